The Morgan fingerprint density at radius 3 is 2.14 bits per heavy atom. The summed E-state index contributed by atoms with van der Waals surface area (Å²) in [6.45, 7) is 5.31. The van der Waals surface area contributed by atoms with Gasteiger partial charge in [-0.1, -0.05) is 12.5 Å². The minimum absolute atomic E-state index is 0.0499. The highest BCUT2D eigenvalue weighted by Gasteiger charge is 2.32. The first kappa shape index (κ1) is 24.5. The number of piperazine rings is 1. The van der Waals surface area contributed by atoms with Crippen LogP contribution in [0.15, 0.2) is 52.3 Å². The van der Waals surface area contributed by atoms with Gasteiger partial charge in [0, 0.05) is 45.3 Å². The summed E-state index contributed by atoms with van der Waals surface area (Å²) >= 11 is 0. The van der Waals surface area contributed by atoms with Crippen LogP contribution in [0.4, 0.5) is 0 Å². The monoisotopic (exact) mass is 521 g/mol. The summed E-state index contributed by atoms with van der Waals surface area (Å²) in [5.41, 5.74) is 1.09. The standard InChI is InChI=1S/C24H31N3O6S2/c1-19-4-2-3-11-27(19)35(30,31)22-8-6-21(7-9-22)34(28,29)26-14-12-25(13-15-26)17-20-5-10-23-24(16-20)33-18-32-23/h5-10,16,19H,2-4,11-15,17-18H2,1H3/t19-/m1/s1. The molecule has 35 heavy (non-hydrogen) atoms. The Bertz CT molecular complexity index is 1270. The first-order valence-corrected chi connectivity index (χ1v) is 14.9. The largest absolute Gasteiger partial charge is 0.454 e. The fraction of sp³-hybridized carbons (Fsp3) is 0.500. The Hall–Kier alpha value is -2.18. The molecule has 0 spiro atoms. The molecule has 3 aliphatic rings. The van der Waals surface area contributed by atoms with E-state index in [-0.39, 0.29) is 22.6 Å². The van der Waals surface area contributed by atoms with Crippen LogP contribution in [0.25, 0.3) is 0 Å². The van der Waals surface area contributed by atoms with Crippen molar-refractivity contribution in [3.05, 3.63) is 48.0 Å². The maximum absolute atomic E-state index is 13.2. The third-order valence-electron chi connectivity index (χ3n) is 6.98. The van der Waals surface area contributed by atoms with Gasteiger partial charge in [0.05, 0.1) is 9.79 Å². The zero-order chi connectivity index (χ0) is 24.6. The van der Waals surface area contributed by atoms with Gasteiger partial charge in [-0.15, -0.1) is 0 Å². The van der Waals surface area contributed by atoms with Crippen LogP contribution >= 0.6 is 0 Å². The van der Waals surface area contributed by atoms with Gasteiger partial charge in [0.1, 0.15) is 0 Å². The Kier molecular flexibility index (Phi) is 6.79. The van der Waals surface area contributed by atoms with Crippen molar-refractivity contribution in [2.75, 3.05) is 39.5 Å². The highest BCUT2D eigenvalue weighted by atomic mass is 32.2. The Morgan fingerprint density at radius 1 is 0.800 bits per heavy atom. The molecule has 0 N–H and O–H groups in total. The maximum atomic E-state index is 13.2. The van der Waals surface area contributed by atoms with Crippen LogP contribution in [0, 0.1) is 0 Å². The van der Waals surface area contributed by atoms with Gasteiger partial charge < -0.3 is 9.47 Å². The number of ether oxygens (including phenoxy) is 2. The average molecular weight is 522 g/mol. The first-order valence-electron chi connectivity index (χ1n) is 12.0. The maximum Gasteiger partial charge on any atom is 0.243 e. The van der Waals surface area contributed by atoms with Crippen LogP contribution in [0.3, 0.4) is 0 Å². The molecule has 0 amide bonds. The second kappa shape index (κ2) is 9.70. The highest BCUT2D eigenvalue weighted by molar-refractivity contribution is 7.89. The van der Waals surface area contributed by atoms with Crippen LogP contribution in [-0.2, 0) is 26.6 Å². The Morgan fingerprint density at radius 2 is 1.46 bits per heavy atom. The van der Waals surface area contributed by atoms with Gasteiger partial charge in [-0.25, -0.2) is 16.8 Å². The van der Waals surface area contributed by atoms with Gasteiger partial charge in [0.2, 0.25) is 26.8 Å². The summed E-state index contributed by atoms with van der Waals surface area (Å²) < 4.78 is 66.3. The van der Waals surface area contributed by atoms with Gasteiger partial charge in [-0.2, -0.15) is 8.61 Å². The lowest BCUT2D eigenvalue weighted by molar-refractivity contribution is 0.173. The van der Waals surface area contributed by atoms with Crippen molar-refractivity contribution in [3.8, 4) is 11.5 Å². The molecule has 5 rings (SSSR count). The Labute approximate surface area is 207 Å². The molecule has 11 heteroatoms. The molecule has 2 aromatic rings. The van der Waals surface area contributed by atoms with Crippen molar-refractivity contribution < 1.29 is 26.3 Å². The predicted molar refractivity (Wildman–Crippen MR) is 130 cm³/mol. The molecule has 190 valence electrons. The second-order valence-electron chi connectivity index (χ2n) is 9.30. The quantitative estimate of drug-likeness (QED) is 0.576. The third kappa shape index (κ3) is 4.92. The topological polar surface area (TPSA) is 96.5 Å². The fourth-order valence-electron chi connectivity index (χ4n) is 4.92. The van der Waals surface area contributed by atoms with Gasteiger partial charge >= 0.3 is 0 Å². The number of sulfonamides is 2. The van der Waals surface area contributed by atoms with Crippen molar-refractivity contribution >= 4 is 20.0 Å². The van der Waals surface area contributed by atoms with E-state index >= 15 is 0 Å². The molecule has 2 aromatic carbocycles. The van der Waals surface area contributed by atoms with Crippen molar-refractivity contribution in [2.45, 2.75) is 48.6 Å². The number of hydrogen-bond acceptors (Lipinski definition) is 7. The molecule has 1 atom stereocenters. The summed E-state index contributed by atoms with van der Waals surface area (Å²) in [5, 5.41) is 0. The number of nitrogens with zero attached hydrogens (tertiary/aromatic N) is 3. The number of benzene rings is 2. The lowest BCUT2D eigenvalue weighted by atomic mass is 10.1. The predicted octanol–water partition coefficient (Wildman–Crippen LogP) is 2.48. The van der Waals surface area contributed by atoms with Crippen molar-refractivity contribution in [2.24, 2.45) is 0 Å². The lowest BCUT2D eigenvalue weighted by Gasteiger charge is -2.34. The summed E-state index contributed by atoms with van der Waals surface area (Å²) in [7, 11) is -7.34. The number of piperidine rings is 1. The van der Waals surface area contributed by atoms with Crippen molar-refractivity contribution in [1.29, 1.82) is 0 Å². The van der Waals surface area contributed by atoms with E-state index in [9.17, 15) is 16.8 Å². The fourth-order valence-corrected chi connectivity index (χ4v) is 8.04. The molecule has 0 aromatic heterocycles. The summed E-state index contributed by atoms with van der Waals surface area (Å²) in [6, 6.07) is 11.5. The molecule has 9 nitrogen and oxygen atoms in total. The van der Waals surface area contributed by atoms with Crippen molar-refractivity contribution in [3.63, 3.8) is 0 Å². The lowest BCUT2D eigenvalue weighted by Crippen LogP contribution is -2.48. The van der Waals surface area contributed by atoms with E-state index in [0.29, 0.717) is 39.3 Å². The molecule has 2 saturated heterocycles. The zero-order valence-electron chi connectivity index (χ0n) is 19.8. The SMILES string of the molecule is C[C@@H]1CCCCN1S(=O)(=O)c1ccc(S(=O)(=O)N2CCN(Cc3ccc4c(c3)OCO4)CC2)cc1. The minimum atomic E-state index is -3.70. The second-order valence-corrected chi connectivity index (χ2v) is 13.1. The molecule has 0 aliphatic carbocycles. The van der Waals surface area contributed by atoms with E-state index in [4.69, 9.17) is 9.47 Å². The van der Waals surface area contributed by atoms with Crippen molar-refractivity contribution in [1.82, 2.24) is 13.5 Å². The highest BCUT2D eigenvalue weighted by Crippen LogP contribution is 2.33. The Balaban J connectivity index is 1.22. The molecule has 0 bridgehead atoms. The molecular weight excluding hydrogens is 490 g/mol. The number of rotatable bonds is 6. The number of hydrogen-bond donors (Lipinski definition) is 0. The molecule has 0 unspecified atom stereocenters. The normalized spacial score (nSPS) is 22.4. The zero-order valence-corrected chi connectivity index (χ0v) is 21.4. The van der Waals surface area contributed by atoms with Crippen LogP contribution in [0.5, 0.6) is 11.5 Å². The molecular formula is C24H31N3O6S2. The van der Waals surface area contributed by atoms with Crippen LogP contribution in [-0.4, -0.2) is 75.9 Å². The summed E-state index contributed by atoms with van der Waals surface area (Å²) in [4.78, 5) is 2.46. The van der Waals surface area contributed by atoms with Crippen LogP contribution in [0.1, 0.15) is 31.7 Å². The van der Waals surface area contributed by atoms with E-state index in [1.54, 1.807) is 0 Å². The van der Waals surface area contributed by atoms with E-state index in [2.05, 4.69) is 4.90 Å². The summed E-state index contributed by atoms with van der Waals surface area (Å²) in [5.74, 6) is 1.48. The van der Waals surface area contributed by atoms with E-state index in [0.717, 1.165) is 36.3 Å². The van der Waals surface area contributed by atoms with Crippen LogP contribution in [0.2, 0.25) is 0 Å². The van der Waals surface area contributed by atoms with E-state index < -0.39 is 20.0 Å². The molecule has 2 fully saturated rings. The molecule has 0 radical (unpaired) electrons. The van der Waals surface area contributed by atoms with Gasteiger partial charge in [-0.3, -0.25) is 4.90 Å². The molecule has 0 saturated carbocycles. The average Bonchev–Trinajstić information content (AvgIpc) is 3.33. The first-order chi connectivity index (χ1) is 16.7. The minimum Gasteiger partial charge on any atom is -0.454 e. The molecule has 3 heterocycles. The van der Waals surface area contributed by atoms with Gasteiger partial charge in [-0.05, 0) is 61.7 Å². The van der Waals surface area contributed by atoms with Crippen LogP contribution < -0.4 is 9.47 Å². The number of fused-ring (bicyclic) bond motifs is 1. The van der Waals surface area contributed by atoms with Gasteiger partial charge in [0.25, 0.3) is 0 Å². The smallest absolute Gasteiger partial charge is 0.243 e. The van der Waals surface area contributed by atoms with Gasteiger partial charge in [0.15, 0.2) is 11.5 Å². The molecule has 3 aliphatic heterocycles. The van der Waals surface area contributed by atoms with E-state index in [1.165, 1.54) is 32.9 Å². The van der Waals surface area contributed by atoms with E-state index in [1.807, 2.05) is 25.1 Å². The third-order valence-corrected chi connectivity index (χ3v) is 10.9. The summed E-state index contributed by atoms with van der Waals surface area (Å²) in [6.07, 6.45) is 2.71.